The first-order chi connectivity index (χ1) is 8.93. The Kier molecular flexibility index (Phi) is 3.53. The third kappa shape index (κ3) is 2.52. The molecule has 18 heavy (non-hydrogen) atoms. The number of rotatable bonds is 2. The second-order valence-electron chi connectivity index (χ2n) is 4.54. The van der Waals surface area contributed by atoms with Crippen molar-refractivity contribution in [1.29, 1.82) is 0 Å². The van der Waals surface area contributed by atoms with E-state index in [2.05, 4.69) is 29.3 Å². The lowest BCUT2D eigenvalue weighted by Crippen LogP contribution is -2.06. The Balaban J connectivity index is 1.80. The van der Waals surface area contributed by atoms with Crippen LogP contribution < -0.4 is 0 Å². The summed E-state index contributed by atoms with van der Waals surface area (Å²) in [7, 11) is 0. The van der Waals surface area contributed by atoms with Crippen LogP contribution in [0.15, 0.2) is 30.5 Å². The molecule has 0 spiro atoms. The van der Waals surface area contributed by atoms with Crippen LogP contribution in [0.25, 0.3) is 11.1 Å². The van der Waals surface area contributed by atoms with Gasteiger partial charge in [-0.1, -0.05) is 18.2 Å². The van der Waals surface area contributed by atoms with Crippen molar-refractivity contribution in [3.05, 3.63) is 41.7 Å². The minimum absolute atomic E-state index is 0.710. The monoisotopic (exact) mass is 243 g/mol. The maximum atomic E-state index is 5.32. The lowest BCUT2D eigenvalue weighted by molar-refractivity contribution is 0.161. The molecule has 0 aliphatic carbocycles. The molecule has 3 rings (SSSR count). The van der Waals surface area contributed by atoms with Crippen molar-refractivity contribution < 1.29 is 9.47 Å². The van der Waals surface area contributed by atoms with Crippen LogP contribution in [0.5, 0.6) is 0 Å². The maximum absolute atomic E-state index is 5.32. The maximum Gasteiger partial charge on any atom is 0.0660 e. The summed E-state index contributed by atoms with van der Waals surface area (Å²) in [6.45, 7) is 3.05. The topological polar surface area (TPSA) is 31.4 Å². The zero-order valence-corrected chi connectivity index (χ0v) is 10.4. The van der Waals surface area contributed by atoms with Crippen molar-refractivity contribution in [2.24, 2.45) is 0 Å². The Morgan fingerprint density at radius 1 is 0.889 bits per heavy atom. The molecule has 3 nitrogen and oxygen atoms in total. The van der Waals surface area contributed by atoms with Gasteiger partial charge in [-0.3, -0.25) is 4.98 Å². The average Bonchev–Trinajstić information content (AvgIpc) is 2.49. The number of pyridine rings is 1. The van der Waals surface area contributed by atoms with Gasteiger partial charge in [-0.05, 0) is 35.6 Å². The molecular formula is C15H17NO2. The average molecular weight is 243 g/mol. The van der Waals surface area contributed by atoms with Crippen LogP contribution >= 0.6 is 0 Å². The quantitative estimate of drug-likeness (QED) is 0.800. The molecule has 94 valence electrons. The fourth-order valence-electron chi connectivity index (χ4n) is 2.32. The van der Waals surface area contributed by atoms with E-state index in [-0.39, 0.29) is 0 Å². The van der Waals surface area contributed by atoms with Crippen LogP contribution in [0.2, 0.25) is 0 Å². The molecule has 3 heterocycles. The Morgan fingerprint density at radius 2 is 1.61 bits per heavy atom. The van der Waals surface area contributed by atoms with E-state index in [4.69, 9.17) is 9.47 Å². The molecule has 0 atom stereocenters. The van der Waals surface area contributed by atoms with Gasteiger partial charge in [0.1, 0.15) is 0 Å². The fraction of sp³-hybridized carbons (Fsp3) is 0.400. The van der Waals surface area contributed by atoms with Crippen LogP contribution in [-0.2, 0) is 9.47 Å². The smallest absolute Gasteiger partial charge is 0.0660 e. The molecule has 0 saturated carbocycles. The van der Waals surface area contributed by atoms with Gasteiger partial charge in [-0.15, -0.1) is 0 Å². The van der Waals surface area contributed by atoms with Crippen molar-refractivity contribution in [1.82, 2.24) is 4.98 Å². The third-order valence-electron chi connectivity index (χ3n) is 3.39. The lowest BCUT2D eigenvalue weighted by atomic mass is 10.0. The Bertz CT molecular complexity index is 429. The molecule has 0 unspecified atom stereocenters. The summed E-state index contributed by atoms with van der Waals surface area (Å²) < 4.78 is 10.6. The molecule has 1 aromatic heterocycles. The molecular weight excluding hydrogens is 226 g/mol. The lowest BCUT2D eigenvalue weighted by Gasteiger charge is -2.15. The largest absolute Gasteiger partial charge is 0.377 e. The minimum Gasteiger partial charge on any atom is -0.377 e. The summed E-state index contributed by atoms with van der Waals surface area (Å²) >= 11 is 0. The highest BCUT2D eigenvalue weighted by Gasteiger charge is 2.10. The molecule has 0 saturated heterocycles. The van der Waals surface area contributed by atoms with E-state index in [1.165, 1.54) is 16.7 Å². The predicted molar refractivity (Wildman–Crippen MR) is 71.1 cm³/mol. The molecule has 0 fully saturated rings. The highest BCUT2D eigenvalue weighted by molar-refractivity contribution is 5.68. The minimum atomic E-state index is 0.710. The van der Waals surface area contributed by atoms with E-state index in [0.29, 0.717) is 6.61 Å². The number of hydrogen-bond acceptors (Lipinski definition) is 3. The van der Waals surface area contributed by atoms with Gasteiger partial charge in [0.15, 0.2) is 0 Å². The molecule has 3 heteroatoms. The van der Waals surface area contributed by atoms with Gasteiger partial charge in [-0.25, -0.2) is 0 Å². The summed E-state index contributed by atoms with van der Waals surface area (Å²) in [5.74, 6) is 0. The third-order valence-corrected chi connectivity index (χ3v) is 3.39. The number of ether oxygens (including phenoxy) is 2. The summed E-state index contributed by atoms with van der Waals surface area (Å²) in [5.41, 5.74) is 4.94. The molecule has 0 N–H and O–H groups in total. The summed E-state index contributed by atoms with van der Waals surface area (Å²) in [5, 5.41) is 0. The molecule has 0 amide bonds. The van der Waals surface area contributed by atoms with Crippen LogP contribution in [-0.4, -0.2) is 31.4 Å². The van der Waals surface area contributed by atoms with Gasteiger partial charge in [0, 0.05) is 6.20 Å². The van der Waals surface area contributed by atoms with Gasteiger partial charge in [0.25, 0.3) is 0 Å². The second kappa shape index (κ2) is 5.46. The molecule has 0 radical (unpaired) electrons. The highest BCUT2D eigenvalue weighted by Crippen LogP contribution is 2.23. The van der Waals surface area contributed by atoms with Gasteiger partial charge < -0.3 is 9.47 Å². The second-order valence-corrected chi connectivity index (χ2v) is 4.54. The first-order valence-electron chi connectivity index (χ1n) is 6.44. The Labute approximate surface area is 107 Å². The van der Waals surface area contributed by atoms with E-state index in [0.717, 1.165) is 38.4 Å². The van der Waals surface area contributed by atoms with Gasteiger partial charge in [0.05, 0.1) is 32.1 Å². The number of aromatic nitrogens is 1. The number of nitrogens with zero attached hydrogens (tertiary/aromatic N) is 1. The molecule has 2 aliphatic rings. The fourth-order valence-corrected chi connectivity index (χ4v) is 2.32. The first kappa shape index (κ1) is 11.6. The molecule has 1 aromatic rings. The number of hydrogen-bond donors (Lipinski definition) is 0. The molecule has 0 bridgehead atoms. The highest BCUT2D eigenvalue weighted by atomic mass is 16.5. The van der Waals surface area contributed by atoms with Crippen LogP contribution in [0.1, 0.15) is 24.1 Å². The SMILES string of the molecule is C1=C(c2ccc(C3=CCOCC3)nc2)CCOC1. The normalized spacial score (nSPS) is 20.2. The zero-order valence-electron chi connectivity index (χ0n) is 10.4. The van der Waals surface area contributed by atoms with Crippen LogP contribution in [0.4, 0.5) is 0 Å². The van der Waals surface area contributed by atoms with Crippen molar-refractivity contribution in [3.63, 3.8) is 0 Å². The summed E-state index contributed by atoms with van der Waals surface area (Å²) in [4.78, 5) is 4.57. The van der Waals surface area contributed by atoms with Gasteiger partial charge in [0.2, 0.25) is 0 Å². The Hall–Kier alpha value is -1.45. The molecule has 0 aromatic carbocycles. The standard InChI is InChI=1S/C15H17NO2/c1-2-15(13-5-9-18-10-6-13)16-11-14(1)12-3-7-17-8-4-12/h1-3,5,11H,4,6-10H2. The van der Waals surface area contributed by atoms with E-state index in [1.807, 2.05) is 6.20 Å². The summed E-state index contributed by atoms with van der Waals surface area (Å²) in [6, 6.07) is 4.28. The van der Waals surface area contributed by atoms with E-state index < -0.39 is 0 Å². The summed E-state index contributed by atoms with van der Waals surface area (Å²) in [6.07, 6.45) is 8.19. The van der Waals surface area contributed by atoms with Crippen molar-refractivity contribution in [2.45, 2.75) is 12.8 Å². The van der Waals surface area contributed by atoms with Crippen molar-refractivity contribution in [3.8, 4) is 0 Å². The van der Waals surface area contributed by atoms with Gasteiger partial charge in [-0.2, -0.15) is 0 Å². The zero-order chi connectivity index (χ0) is 12.2. The van der Waals surface area contributed by atoms with Crippen molar-refractivity contribution >= 4 is 11.1 Å². The van der Waals surface area contributed by atoms with E-state index in [9.17, 15) is 0 Å². The predicted octanol–water partition coefficient (Wildman–Crippen LogP) is 2.69. The van der Waals surface area contributed by atoms with Gasteiger partial charge >= 0.3 is 0 Å². The van der Waals surface area contributed by atoms with Crippen molar-refractivity contribution in [2.75, 3.05) is 26.4 Å². The Morgan fingerprint density at radius 3 is 2.17 bits per heavy atom. The van der Waals surface area contributed by atoms with Crippen LogP contribution in [0, 0.1) is 0 Å². The molecule has 2 aliphatic heterocycles. The van der Waals surface area contributed by atoms with Crippen LogP contribution in [0.3, 0.4) is 0 Å². The van der Waals surface area contributed by atoms with E-state index in [1.54, 1.807) is 0 Å². The first-order valence-corrected chi connectivity index (χ1v) is 6.44. The van der Waals surface area contributed by atoms with E-state index >= 15 is 0 Å².